The Morgan fingerprint density at radius 3 is 2.45 bits per heavy atom. The first-order valence-electron chi connectivity index (χ1n) is 7.77. The second-order valence-corrected chi connectivity index (χ2v) is 6.76. The Hall–Kier alpha value is -1.10. The van der Waals surface area contributed by atoms with Crippen LogP contribution in [0.2, 0.25) is 0 Å². The van der Waals surface area contributed by atoms with Gasteiger partial charge in [-0.05, 0) is 37.5 Å². The average Bonchev–Trinajstić information content (AvgIpc) is 2.38. The second kappa shape index (κ2) is 6.12. The van der Waals surface area contributed by atoms with Crippen LogP contribution in [-0.2, 0) is 9.59 Å². The van der Waals surface area contributed by atoms with E-state index in [2.05, 4.69) is 6.92 Å². The van der Waals surface area contributed by atoms with Crippen LogP contribution in [0.25, 0.3) is 0 Å². The number of nitrogens with zero attached hydrogens (tertiary/aromatic N) is 1. The molecular formula is C15H27N3O2. The Balaban J connectivity index is 1.89. The number of hydrogen-bond donors (Lipinski definition) is 2. The van der Waals surface area contributed by atoms with Crippen molar-refractivity contribution in [2.45, 2.75) is 57.4 Å². The topological polar surface area (TPSA) is 89.4 Å². The minimum atomic E-state index is -0.659. The van der Waals surface area contributed by atoms with Crippen molar-refractivity contribution in [2.24, 2.45) is 23.3 Å². The summed E-state index contributed by atoms with van der Waals surface area (Å²) < 4.78 is 0. The summed E-state index contributed by atoms with van der Waals surface area (Å²) in [6, 6.07) is 0. The van der Waals surface area contributed by atoms with E-state index in [0.717, 1.165) is 32.1 Å². The molecule has 1 aliphatic heterocycles. The molecule has 2 amide bonds. The Morgan fingerprint density at radius 1 is 1.25 bits per heavy atom. The van der Waals surface area contributed by atoms with Crippen molar-refractivity contribution < 1.29 is 9.59 Å². The molecule has 2 unspecified atom stereocenters. The van der Waals surface area contributed by atoms with Crippen LogP contribution in [0.4, 0.5) is 0 Å². The molecule has 0 spiro atoms. The van der Waals surface area contributed by atoms with E-state index >= 15 is 0 Å². The largest absolute Gasteiger partial charge is 0.370 e. The van der Waals surface area contributed by atoms with E-state index in [0.29, 0.717) is 31.3 Å². The van der Waals surface area contributed by atoms with Gasteiger partial charge in [0.15, 0.2) is 0 Å². The fourth-order valence-electron chi connectivity index (χ4n) is 3.73. The van der Waals surface area contributed by atoms with Gasteiger partial charge in [-0.15, -0.1) is 0 Å². The van der Waals surface area contributed by atoms with Crippen LogP contribution in [0.1, 0.15) is 51.9 Å². The van der Waals surface area contributed by atoms with Crippen LogP contribution in [0.5, 0.6) is 0 Å². The highest BCUT2D eigenvalue weighted by atomic mass is 16.2. The van der Waals surface area contributed by atoms with Gasteiger partial charge in [-0.1, -0.05) is 19.8 Å². The number of likely N-dealkylation sites (tertiary alicyclic amines) is 1. The number of carbonyl (C=O) groups is 2. The van der Waals surface area contributed by atoms with E-state index < -0.39 is 5.54 Å². The van der Waals surface area contributed by atoms with Gasteiger partial charge >= 0.3 is 0 Å². The third-order valence-corrected chi connectivity index (χ3v) is 4.85. The lowest BCUT2D eigenvalue weighted by atomic mass is 9.76. The molecule has 1 heterocycles. The van der Waals surface area contributed by atoms with E-state index in [1.165, 1.54) is 6.42 Å². The maximum absolute atomic E-state index is 12.7. The van der Waals surface area contributed by atoms with Gasteiger partial charge in [0, 0.05) is 19.5 Å². The molecule has 20 heavy (non-hydrogen) atoms. The van der Waals surface area contributed by atoms with Crippen molar-refractivity contribution >= 4 is 11.8 Å². The maximum Gasteiger partial charge on any atom is 0.242 e. The minimum Gasteiger partial charge on any atom is -0.370 e. The smallest absolute Gasteiger partial charge is 0.242 e. The average molecular weight is 281 g/mol. The van der Waals surface area contributed by atoms with Crippen LogP contribution in [0, 0.1) is 11.8 Å². The van der Waals surface area contributed by atoms with Gasteiger partial charge in [0.25, 0.3) is 0 Å². The fourth-order valence-corrected chi connectivity index (χ4v) is 3.73. The summed E-state index contributed by atoms with van der Waals surface area (Å²) in [6.45, 7) is 3.60. The number of amides is 2. The predicted octanol–water partition coefficient (Wildman–Crippen LogP) is 1.01. The molecule has 0 aromatic carbocycles. The highest BCUT2D eigenvalue weighted by Crippen LogP contribution is 2.33. The third-order valence-electron chi connectivity index (χ3n) is 4.85. The van der Waals surface area contributed by atoms with Crippen molar-refractivity contribution in [1.82, 2.24) is 4.90 Å². The quantitative estimate of drug-likeness (QED) is 0.809. The van der Waals surface area contributed by atoms with Gasteiger partial charge in [0.2, 0.25) is 11.8 Å². The summed E-state index contributed by atoms with van der Waals surface area (Å²) in [5.74, 6) is 0.730. The molecule has 5 nitrogen and oxygen atoms in total. The van der Waals surface area contributed by atoms with E-state index in [-0.39, 0.29) is 11.8 Å². The van der Waals surface area contributed by atoms with Crippen molar-refractivity contribution in [3.05, 3.63) is 0 Å². The molecule has 0 aromatic heterocycles. The first kappa shape index (κ1) is 15.3. The van der Waals surface area contributed by atoms with Gasteiger partial charge in [-0.2, -0.15) is 0 Å². The van der Waals surface area contributed by atoms with Gasteiger partial charge in [-0.25, -0.2) is 0 Å². The normalized spacial score (nSPS) is 32.1. The van der Waals surface area contributed by atoms with Crippen molar-refractivity contribution in [3.8, 4) is 0 Å². The van der Waals surface area contributed by atoms with E-state index in [1.54, 1.807) is 0 Å². The molecule has 1 aliphatic carbocycles. The molecule has 0 bridgehead atoms. The summed E-state index contributed by atoms with van der Waals surface area (Å²) in [7, 11) is 0. The number of piperidine rings is 1. The summed E-state index contributed by atoms with van der Waals surface area (Å²) in [5, 5.41) is 0. The van der Waals surface area contributed by atoms with Crippen molar-refractivity contribution in [2.75, 3.05) is 13.1 Å². The number of rotatable bonds is 3. The van der Waals surface area contributed by atoms with Crippen LogP contribution >= 0.6 is 0 Å². The predicted molar refractivity (Wildman–Crippen MR) is 77.7 cm³/mol. The Bertz CT molecular complexity index is 377. The minimum absolute atomic E-state index is 0.113. The molecule has 4 N–H and O–H groups in total. The fraction of sp³-hybridized carbons (Fsp3) is 0.867. The molecule has 2 atom stereocenters. The maximum atomic E-state index is 12.7. The Labute approximate surface area is 121 Å². The van der Waals surface area contributed by atoms with Gasteiger partial charge in [-0.3, -0.25) is 9.59 Å². The first-order valence-corrected chi connectivity index (χ1v) is 7.77. The molecule has 2 rings (SSSR count). The monoisotopic (exact) mass is 281 g/mol. The zero-order valence-electron chi connectivity index (χ0n) is 12.4. The van der Waals surface area contributed by atoms with Crippen LogP contribution in [0.15, 0.2) is 0 Å². The molecule has 1 saturated heterocycles. The second-order valence-electron chi connectivity index (χ2n) is 6.76. The standard InChI is InChI=1S/C15H27N3O2/c1-11-3-2-6-15(17,10-11)14(20)18-7-4-12(5-8-18)9-13(16)19/h11-12H,2-10,17H2,1H3,(H2,16,19). The number of primary amides is 1. The highest BCUT2D eigenvalue weighted by molar-refractivity contribution is 5.86. The summed E-state index contributed by atoms with van der Waals surface area (Å²) in [6.07, 6.45) is 5.98. The SMILES string of the molecule is CC1CCCC(N)(C(=O)N2CCC(CC(N)=O)CC2)C1. The lowest BCUT2D eigenvalue weighted by molar-refractivity contribution is -0.140. The molecule has 0 aromatic rings. The highest BCUT2D eigenvalue weighted by Gasteiger charge is 2.41. The van der Waals surface area contributed by atoms with E-state index in [9.17, 15) is 9.59 Å². The Kier molecular flexibility index (Phi) is 4.68. The molecule has 2 aliphatic rings. The zero-order chi connectivity index (χ0) is 14.8. The van der Waals surface area contributed by atoms with Gasteiger partial charge in [0.1, 0.15) is 0 Å². The Morgan fingerprint density at radius 2 is 1.90 bits per heavy atom. The summed E-state index contributed by atoms with van der Waals surface area (Å²) in [4.78, 5) is 25.5. The van der Waals surface area contributed by atoms with Gasteiger partial charge < -0.3 is 16.4 Å². The number of carbonyl (C=O) groups excluding carboxylic acids is 2. The lowest BCUT2D eigenvalue weighted by Gasteiger charge is -2.41. The summed E-state index contributed by atoms with van der Waals surface area (Å²) >= 11 is 0. The lowest BCUT2D eigenvalue weighted by Crippen LogP contribution is -2.58. The molecule has 2 fully saturated rings. The van der Waals surface area contributed by atoms with E-state index in [4.69, 9.17) is 11.5 Å². The molecule has 5 heteroatoms. The summed E-state index contributed by atoms with van der Waals surface area (Å²) in [5.41, 5.74) is 10.9. The third kappa shape index (κ3) is 3.51. The van der Waals surface area contributed by atoms with Crippen LogP contribution in [0.3, 0.4) is 0 Å². The number of nitrogens with two attached hydrogens (primary N) is 2. The van der Waals surface area contributed by atoms with Crippen LogP contribution in [-0.4, -0.2) is 35.3 Å². The molecule has 114 valence electrons. The van der Waals surface area contributed by atoms with Crippen molar-refractivity contribution in [1.29, 1.82) is 0 Å². The number of hydrogen-bond acceptors (Lipinski definition) is 3. The molecular weight excluding hydrogens is 254 g/mol. The van der Waals surface area contributed by atoms with E-state index in [1.807, 2.05) is 4.90 Å². The zero-order valence-corrected chi connectivity index (χ0v) is 12.4. The molecule has 1 saturated carbocycles. The van der Waals surface area contributed by atoms with Crippen molar-refractivity contribution in [3.63, 3.8) is 0 Å². The van der Waals surface area contributed by atoms with Gasteiger partial charge in [0.05, 0.1) is 5.54 Å². The first-order chi connectivity index (χ1) is 9.40. The van der Waals surface area contributed by atoms with Crippen LogP contribution < -0.4 is 11.5 Å². The molecule has 0 radical (unpaired) electrons.